The summed E-state index contributed by atoms with van der Waals surface area (Å²) >= 11 is 0. The van der Waals surface area contributed by atoms with Gasteiger partial charge in [0.15, 0.2) is 5.96 Å². The van der Waals surface area contributed by atoms with Gasteiger partial charge in [-0.05, 0) is 12.5 Å². The molecule has 0 saturated carbocycles. The maximum absolute atomic E-state index is 12.2. The number of amides is 1. The van der Waals surface area contributed by atoms with Crippen LogP contribution in [0.3, 0.4) is 0 Å². The molecular formula is C17H29IN4O2. The van der Waals surface area contributed by atoms with Crippen molar-refractivity contribution in [2.24, 2.45) is 4.99 Å². The van der Waals surface area contributed by atoms with E-state index in [0.29, 0.717) is 38.6 Å². The van der Waals surface area contributed by atoms with Gasteiger partial charge in [0.2, 0.25) is 5.91 Å². The molecule has 0 unspecified atom stereocenters. The van der Waals surface area contributed by atoms with Gasteiger partial charge in [-0.3, -0.25) is 9.79 Å². The molecule has 0 atom stereocenters. The van der Waals surface area contributed by atoms with E-state index in [0.717, 1.165) is 12.1 Å². The fraction of sp³-hybridized carbons (Fsp3) is 0.529. The van der Waals surface area contributed by atoms with E-state index in [1.165, 1.54) is 0 Å². The minimum atomic E-state index is 0. The first-order chi connectivity index (χ1) is 11.2. The molecule has 1 aromatic carbocycles. The maximum Gasteiger partial charge on any atom is 0.224 e. The molecule has 0 aliphatic heterocycles. The Balaban J connectivity index is 0.00000529. The van der Waals surface area contributed by atoms with Gasteiger partial charge in [-0.25, -0.2) is 0 Å². The highest BCUT2D eigenvalue weighted by Gasteiger charge is 2.09. The summed E-state index contributed by atoms with van der Waals surface area (Å²) in [4.78, 5) is 18.3. The SMILES string of the molecule is CCNC(=NCCOC)NCCC(=O)N(C)Cc1ccccc1.I. The van der Waals surface area contributed by atoms with Crippen molar-refractivity contribution in [3.05, 3.63) is 35.9 Å². The zero-order valence-electron chi connectivity index (χ0n) is 14.7. The number of carbonyl (C=O) groups is 1. The first-order valence-corrected chi connectivity index (χ1v) is 7.96. The molecule has 1 amide bonds. The molecule has 0 bridgehead atoms. The number of halogens is 1. The van der Waals surface area contributed by atoms with E-state index < -0.39 is 0 Å². The number of carbonyl (C=O) groups excluding carboxylic acids is 1. The second-order valence-corrected chi connectivity index (χ2v) is 5.17. The van der Waals surface area contributed by atoms with Gasteiger partial charge in [0.25, 0.3) is 0 Å². The summed E-state index contributed by atoms with van der Waals surface area (Å²) in [5.74, 6) is 0.817. The lowest BCUT2D eigenvalue weighted by molar-refractivity contribution is -0.130. The van der Waals surface area contributed by atoms with E-state index in [1.807, 2.05) is 44.3 Å². The Morgan fingerprint density at radius 3 is 2.58 bits per heavy atom. The summed E-state index contributed by atoms with van der Waals surface area (Å²) in [5, 5.41) is 6.31. The van der Waals surface area contributed by atoms with Crippen LogP contribution in [0.2, 0.25) is 0 Å². The lowest BCUT2D eigenvalue weighted by Crippen LogP contribution is -2.39. The fourth-order valence-electron chi connectivity index (χ4n) is 2.01. The molecule has 0 spiro atoms. The standard InChI is InChI=1S/C17H28N4O2.HI/c1-4-18-17(20-12-13-23-3)19-11-10-16(22)21(2)14-15-8-6-5-7-9-15;/h5-9H,4,10-14H2,1-3H3,(H2,18,19,20);1H. The van der Waals surface area contributed by atoms with Crippen LogP contribution in [0, 0.1) is 0 Å². The van der Waals surface area contributed by atoms with E-state index in [1.54, 1.807) is 12.0 Å². The Morgan fingerprint density at radius 2 is 1.96 bits per heavy atom. The number of rotatable bonds is 9. The van der Waals surface area contributed by atoms with Crippen molar-refractivity contribution < 1.29 is 9.53 Å². The molecule has 24 heavy (non-hydrogen) atoms. The van der Waals surface area contributed by atoms with Crippen LogP contribution in [0.1, 0.15) is 18.9 Å². The molecule has 1 rings (SSSR count). The van der Waals surface area contributed by atoms with Gasteiger partial charge in [0.05, 0.1) is 13.2 Å². The number of aliphatic imine (C=N–C) groups is 1. The van der Waals surface area contributed by atoms with Crippen LogP contribution in [0.15, 0.2) is 35.3 Å². The minimum Gasteiger partial charge on any atom is -0.383 e. The van der Waals surface area contributed by atoms with Crippen molar-refractivity contribution in [3.63, 3.8) is 0 Å². The second kappa shape index (κ2) is 14.0. The largest absolute Gasteiger partial charge is 0.383 e. The molecular weight excluding hydrogens is 419 g/mol. The number of benzene rings is 1. The molecule has 6 nitrogen and oxygen atoms in total. The molecule has 7 heteroatoms. The summed E-state index contributed by atoms with van der Waals surface area (Å²) in [7, 11) is 3.48. The smallest absolute Gasteiger partial charge is 0.224 e. The molecule has 0 radical (unpaired) electrons. The number of hydrogen-bond donors (Lipinski definition) is 2. The summed E-state index contributed by atoms with van der Waals surface area (Å²) < 4.78 is 4.98. The Hall–Kier alpha value is -1.35. The molecule has 1 aromatic rings. The Labute approximate surface area is 162 Å². The van der Waals surface area contributed by atoms with E-state index in [9.17, 15) is 4.79 Å². The topological polar surface area (TPSA) is 66.0 Å². The monoisotopic (exact) mass is 448 g/mol. The van der Waals surface area contributed by atoms with E-state index in [4.69, 9.17) is 4.74 Å². The third kappa shape index (κ3) is 9.71. The molecule has 0 aliphatic rings. The predicted octanol–water partition coefficient (Wildman–Crippen LogP) is 1.85. The molecule has 136 valence electrons. The van der Waals surface area contributed by atoms with Gasteiger partial charge in [0.1, 0.15) is 0 Å². The van der Waals surface area contributed by atoms with Crippen molar-refractivity contribution in [2.45, 2.75) is 19.9 Å². The maximum atomic E-state index is 12.2. The van der Waals surface area contributed by atoms with Crippen LogP contribution in [0.5, 0.6) is 0 Å². The number of guanidine groups is 1. The summed E-state index contributed by atoms with van der Waals surface area (Å²) in [5.41, 5.74) is 1.13. The van der Waals surface area contributed by atoms with E-state index in [2.05, 4.69) is 15.6 Å². The number of methoxy groups -OCH3 is 1. The van der Waals surface area contributed by atoms with Crippen molar-refractivity contribution >= 4 is 35.8 Å². The van der Waals surface area contributed by atoms with Gasteiger partial charge >= 0.3 is 0 Å². The first kappa shape index (κ1) is 22.6. The average Bonchev–Trinajstić information content (AvgIpc) is 2.55. The highest BCUT2D eigenvalue weighted by atomic mass is 127. The Bertz CT molecular complexity index is 483. The van der Waals surface area contributed by atoms with Gasteiger partial charge in [0, 0.05) is 40.2 Å². The van der Waals surface area contributed by atoms with E-state index in [-0.39, 0.29) is 29.9 Å². The Morgan fingerprint density at radius 1 is 1.25 bits per heavy atom. The van der Waals surface area contributed by atoms with Crippen molar-refractivity contribution in [1.82, 2.24) is 15.5 Å². The molecule has 2 N–H and O–H groups in total. The predicted molar refractivity (Wildman–Crippen MR) is 109 cm³/mol. The number of ether oxygens (including phenoxy) is 1. The minimum absolute atomic E-state index is 0. The van der Waals surface area contributed by atoms with Crippen LogP contribution in [0.25, 0.3) is 0 Å². The quantitative estimate of drug-likeness (QED) is 0.262. The van der Waals surface area contributed by atoms with Crippen LogP contribution < -0.4 is 10.6 Å². The molecule has 0 aliphatic carbocycles. The lowest BCUT2D eigenvalue weighted by atomic mass is 10.2. The van der Waals surface area contributed by atoms with Crippen molar-refractivity contribution in [2.75, 3.05) is 40.4 Å². The van der Waals surface area contributed by atoms with Gasteiger partial charge in [-0.2, -0.15) is 0 Å². The van der Waals surface area contributed by atoms with Crippen LogP contribution in [-0.2, 0) is 16.1 Å². The van der Waals surface area contributed by atoms with Gasteiger partial charge in [-0.1, -0.05) is 30.3 Å². The highest BCUT2D eigenvalue weighted by molar-refractivity contribution is 14.0. The lowest BCUT2D eigenvalue weighted by Gasteiger charge is -2.18. The fourth-order valence-corrected chi connectivity index (χ4v) is 2.01. The highest BCUT2D eigenvalue weighted by Crippen LogP contribution is 2.03. The van der Waals surface area contributed by atoms with Gasteiger partial charge in [-0.15, -0.1) is 24.0 Å². The van der Waals surface area contributed by atoms with Crippen LogP contribution >= 0.6 is 24.0 Å². The normalized spacial score (nSPS) is 10.7. The van der Waals surface area contributed by atoms with E-state index >= 15 is 0 Å². The zero-order chi connectivity index (χ0) is 16.9. The van der Waals surface area contributed by atoms with Crippen molar-refractivity contribution in [3.8, 4) is 0 Å². The summed E-state index contributed by atoms with van der Waals surface area (Å²) in [6, 6.07) is 9.98. The molecule has 0 fully saturated rings. The number of nitrogens with zero attached hydrogens (tertiary/aromatic N) is 2. The molecule has 0 saturated heterocycles. The first-order valence-electron chi connectivity index (χ1n) is 7.96. The number of hydrogen-bond acceptors (Lipinski definition) is 3. The Kier molecular flexibility index (Phi) is 13.2. The average molecular weight is 448 g/mol. The zero-order valence-corrected chi connectivity index (χ0v) is 17.1. The third-order valence-corrected chi connectivity index (χ3v) is 3.23. The van der Waals surface area contributed by atoms with Gasteiger partial charge < -0.3 is 20.3 Å². The van der Waals surface area contributed by atoms with Crippen molar-refractivity contribution in [1.29, 1.82) is 0 Å². The second-order valence-electron chi connectivity index (χ2n) is 5.17. The molecule has 0 aromatic heterocycles. The number of nitrogens with one attached hydrogen (secondary N) is 2. The summed E-state index contributed by atoms with van der Waals surface area (Å²) in [6.07, 6.45) is 0.429. The van der Waals surface area contributed by atoms with Crippen LogP contribution in [0.4, 0.5) is 0 Å². The molecule has 0 heterocycles. The third-order valence-electron chi connectivity index (χ3n) is 3.23. The summed E-state index contributed by atoms with van der Waals surface area (Å²) in [6.45, 7) is 5.13. The van der Waals surface area contributed by atoms with Crippen LogP contribution in [-0.4, -0.2) is 57.2 Å².